The quantitative estimate of drug-likeness (QED) is 0.829. The summed E-state index contributed by atoms with van der Waals surface area (Å²) in [4.78, 5) is 0. The minimum absolute atomic E-state index is 0.282. The molecule has 2 aliphatic carbocycles. The van der Waals surface area contributed by atoms with Crippen LogP contribution in [0.3, 0.4) is 0 Å². The van der Waals surface area contributed by atoms with Crippen molar-refractivity contribution in [2.75, 3.05) is 0 Å². The summed E-state index contributed by atoms with van der Waals surface area (Å²) in [6.07, 6.45) is 1.65. The molecule has 0 aromatic rings. The van der Waals surface area contributed by atoms with Crippen LogP contribution in [0.15, 0.2) is 35.3 Å². The molecule has 2 unspecified atom stereocenters. The highest BCUT2D eigenvalue weighted by Gasteiger charge is 2.34. The minimum Gasteiger partial charge on any atom is -0.512 e. The molecule has 3 nitrogen and oxygen atoms in total. The summed E-state index contributed by atoms with van der Waals surface area (Å²) >= 11 is 0. The first-order valence-corrected chi connectivity index (χ1v) is 7.08. The second-order valence-electron chi connectivity index (χ2n) is 5.17. The molecule has 6 heteroatoms. The fourth-order valence-corrected chi connectivity index (χ4v) is 2.52. The van der Waals surface area contributed by atoms with E-state index in [9.17, 15) is 18.3 Å². The van der Waals surface area contributed by atoms with E-state index in [4.69, 9.17) is 4.74 Å². The molecule has 0 bridgehead atoms. The van der Waals surface area contributed by atoms with Gasteiger partial charge in [-0.25, -0.2) is 0 Å². The Morgan fingerprint density at radius 2 is 2.10 bits per heavy atom. The Morgan fingerprint density at radius 3 is 2.71 bits per heavy atom. The monoisotopic (exact) mass is 304 g/mol. The zero-order valence-electron chi connectivity index (χ0n) is 11.8. The van der Waals surface area contributed by atoms with Gasteiger partial charge in [-0.05, 0) is 37.0 Å². The number of alkyl halides is 3. The SMILES string of the molecule is CCC1=C(O)CC(OC2=CC(OC(F)(F)F)CCC2)C=C1. The molecule has 0 heterocycles. The average molecular weight is 304 g/mol. The third kappa shape index (κ3) is 4.81. The van der Waals surface area contributed by atoms with Gasteiger partial charge in [-0.1, -0.05) is 13.0 Å². The first-order chi connectivity index (χ1) is 9.87. The Bertz CT molecular complexity index is 463. The minimum atomic E-state index is -4.63. The molecule has 0 aliphatic heterocycles. The molecule has 118 valence electrons. The van der Waals surface area contributed by atoms with Crippen molar-refractivity contribution < 1.29 is 27.8 Å². The maximum atomic E-state index is 12.2. The second-order valence-corrected chi connectivity index (χ2v) is 5.17. The van der Waals surface area contributed by atoms with Gasteiger partial charge in [0.05, 0.1) is 17.6 Å². The zero-order valence-corrected chi connectivity index (χ0v) is 11.8. The van der Waals surface area contributed by atoms with E-state index in [2.05, 4.69) is 4.74 Å². The summed E-state index contributed by atoms with van der Waals surface area (Å²) in [6.45, 7) is 1.94. The number of aliphatic hydroxyl groups excluding tert-OH is 1. The lowest BCUT2D eigenvalue weighted by Crippen LogP contribution is -2.25. The molecule has 0 fully saturated rings. The van der Waals surface area contributed by atoms with Crippen LogP contribution in [0.4, 0.5) is 13.2 Å². The van der Waals surface area contributed by atoms with E-state index in [-0.39, 0.29) is 11.9 Å². The van der Waals surface area contributed by atoms with Gasteiger partial charge in [-0.2, -0.15) is 0 Å². The third-order valence-electron chi connectivity index (χ3n) is 3.53. The number of aliphatic hydroxyl groups is 1. The van der Waals surface area contributed by atoms with Gasteiger partial charge in [0.15, 0.2) is 0 Å². The van der Waals surface area contributed by atoms with Crippen LogP contribution in [-0.4, -0.2) is 23.7 Å². The average Bonchev–Trinajstić information content (AvgIpc) is 2.37. The number of ether oxygens (including phenoxy) is 2. The third-order valence-corrected chi connectivity index (χ3v) is 3.53. The fraction of sp³-hybridized carbons (Fsp3) is 0.600. The maximum Gasteiger partial charge on any atom is 0.523 e. The molecule has 2 atom stereocenters. The Labute approximate surface area is 121 Å². The van der Waals surface area contributed by atoms with Crippen LogP contribution < -0.4 is 0 Å². The largest absolute Gasteiger partial charge is 0.523 e. The van der Waals surface area contributed by atoms with Gasteiger partial charge in [-0.15, -0.1) is 13.2 Å². The molecule has 0 aromatic heterocycles. The van der Waals surface area contributed by atoms with Crippen LogP contribution in [0.1, 0.15) is 39.0 Å². The van der Waals surface area contributed by atoms with Crippen molar-refractivity contribution in [1.29, 1.82) is 0 Å². The summed E-state index contributed by atoms with van der Waals surface area (Å²) < 4.78 is 46.3. The van der Waals surface area contributed by atoms with Gasteiger partial charge < -0.3 is 9.84 Å². The van der Waals surface area contributed by atoms with E-state index in [1.165, 1.54) is 6.08 Å². The van der Waals surface area contributed by atoms with E-state index in [0.717, 1.165) is 12.0 Å². The molecular weight excluding hydrogens is 285 g/mol. The normalized spacial score (nSPS) is 26.8. The maximum absolute atomic E-state index is 12.2. The lowest BCUT2D eigenvalue weighted by molar-refractivity contribution is -0.337. The molecule has 0 saturated carbocycles. The summed E-state index contributed by atoms with van der Waals surface area (Å²) in [5.74, 6) is 0.780. The van der Waals surface area contributed by atoms with Crippen molar-refractivity contribution in [2.45, 2.75) is 57.6 Å². The molecule has 0 amide bonds. The van der Waals surface area contributed by atoms with Gasteiger partial charge in [0.25, 0.3) is 0 Å². The van der Waals surface area contributed by atoms with Crippen molar-refractivity contribution in [3.05, 3.63) is 35.3 Å². The number of halogens is 3. The van der Waals surface area contributed by atoms with Crippen molar-refractivity contribution in [3.63, 3.8) is 0 Å². The molecule has 2 aliphatic rings. The van der Waals surface area contributed by atoms with Gasteiger partial charge in [0, 0.05) is 12.8 Å². The van der Waals surface area contributed by atoms with E-state index < -0.39 is 12.5 Å². The van der Waals surface area contributed by atoms with Crippen molar-refractivity contribution >= 4 is 0 Å². The summed E-state index contributed by atoms with van der Waals surface area (Å²) in [7, 11) is 0. The fourth-order valence-electron chi connectivity index (χ4n) is 2.52. The topological polar surface area (TPSA) is 38.7 Å². The van der Waals surface area contributed by atoms with E-state index in [1.54, 1.807) is 6.08 Å². The predicted octanol–water partition coefficient (Wildman–Crippen LogP) is 4.53. The zero-order chi connectivity index (χ0) is 15.5. The number of rotatable bonds is 4. The lowest BCUT2D eigenvalue weighted by atomic mass is 10.00. The van der Waals surface area contributed by atoms with Gasteiger partial charge in [0.1, 0.15) is 6.10 Å². The smallest absolute Gasteiger partial charge is 0.512 e. The van der Waals surface area contributed by atoms with Crippen LogP contribution in [-0.2, 0) is 9.47 Å². The predicted molar refractivity (Wildman–Crippen MR) is 71.4 cm³/mol. The Morgan fingerprint density at radius 1 is 1.33 bits per heavy atom. The standard InChI is InChI=1S/C15H19F3O3/c1-2-10-6-7-12(9-14(10)19)20-11-4-3-5-13(8-11)21-15(16,17)18/h6-8,12-13,19H,2-5,9H2,1H3. The molecule has 0 radical (unpaired) electrons. The van der Waals surface area contributed by atoms with Crippen molar-refractivity contribution in [2.24, 2.45) is 0 Å². The summed E-state index contributed by atoms with van der Waals surface area (Å²) in [5.41, 5.74) is 0.866. The van der Waals surface area contributed by atoms with Crippen LogP contribution in [0.5, 0.6) is 0 Å². The van der Waals surface area contributed by atoms with Gasteiger partial charge in [0.2, 0.25) is 0 Å². The highest BCUT2D eigenvalue weighted by molar-refractivity contribution is 5.27. The van der Waals surface area contributed by atoms with Crippen molar-refractivity contribution in [3.8, 4) is 0 Å². The number of hydrogen-bond acceptors (Lipinski definition) is 3. The van der Waals surface area contributed by atoms with Crippen LogP contribution in [0.2, 0.25) is 0 Å². The summed E-state index contributed by atoms with van der Waals surface area (Å²) in [5, 5.41) is 9.83. The number of allylic oxidation sites excluding steroid dienone is 3. The Hall–Kier alpha value is -1.43. The van der Waals surface area contributed by atoms with Gasteiger partial charge in [-0.3, -0.25) is 4.74 Å². The molecular formula is C15H19F3O3. The highest BCUT2D eigenvalue weighted by Crippen LogP contribution is 2.30. The van der Waals surface area contributed by atoms with E-state index >= 15 is 0 Å². The lowest BCUT2D eigenvalue weighted by Gasteiger charge is -2.26. The van der Waals surface area contributed by atoms with E-state index in [0.29, 0.717) is 31.4 Å². The summed E-state index contributed by atoms with van der Waals surface area (Å²) in [6, 6.07) is 0. The molecule has 21 heavy (non-hydrogen) atoms. The Kier molecular flexibility index (Phi) is 4.98. The second kappa shape index (κ2) is 6.56. The molecule has 0 saturated heterocycles. The van der Waals surface area contributed by atoms with Crippen LogP contribution in [0, 0.1) is 0 Å². The van der Waals surface area contributed by atoms with Crippen LogP contribution in [0.25, 0.3) is 0 Å². The molecule has 1 N–H and O–H groups in total. The van der Waals surface area contributed by atoms with Crippen LogP contribution >= 0.6 is 0 Å². The molecule has 2 rings (SSSR count). The van der Waals surface area contributed by atoms with Crippen molar-refractivity contribution in [1.82, 2.24) is 0 Å². The number of hydrogen-bond donors (Lipinski definition) is 1. The highest BCUT2D eigenvalue weighted by atomic mass is 19.4. The molecule has 0 spiro atoms. The van der Waals surface area contributed by atoms with E-state index in [1.807, 2.05) is 13.0 Å². The first kappa shape index (κ1) is 15.9. The Balaban J connectivity index is 1.94. The molecule has 0 aromatic carbocycles. The first-order valence-electron chi connectivity index (χ1n) is 7.08. The van der Waals surface area contributed by atoms with Gasteiger partial charge >= 0.3 is 6.36 Å².